The molecule has 1 aliphatic rings. The molecule has 0 unspecified atom stereocenters. The van der Waals surface area contributed by atoms with Gasteiger partial charge in [0.05, 0.1) is 6.19 Å². The first kappa shape index (κ1) is 11.7. The van der Waals surface area contributed by atoms with Gasteiger partial charge in [-0.3, -0.25) is 0 Å². The SMILES string of the molecule is CSc1cccc2c1CCN(BC=O)[C@H]2C. The standard InChI is InChI=1S/C12H16BNOS/c1-9-10-4-3-5-12(16-2)11(10)6-7-14(9)13-8-15/h3-5,8-9,13H,6-7H2,1-2H3/t9-/m0/s1. The molecule has 0 amide bonds. The van der Waals surface area contributed by atoms with Crippen molar-refractivity contribution in [3.05, 3.63) is 29.3 Å². The third-order valence-corrected chi connectivity index (χ3v) is 4.17. The Morgan fingerprint density at radius 2 is 2.38 bits per heavy atom. The van der Waals surface area contributed by atoms with Crippen LogP contribution in [0.15, 0.2) is 23.1 Å². The van der Waals surface area contributed by atoms with Crippen molar-refractivity contribution in [1.82, 2.24) is 4.81 Å². The molecular weight excluding hydrogens is 217 g/mol. The molecule has 1 heterocycles. The smallest absolute Gasteiger partial charge is 0.281 e. The van der Waals surface area contributed by atoms with E-state index in [1.807, 2.05) is 11.8 Å². The molecule has 16 heavy (non-hydrogen) atoms. The van der Waals surface area contributed by atoms with E-state index in [1.54, 1.807) is 0 Å². The van der Waals surface area contributed by atoms with Crippen LogP contribution in [0.1, 0.15) is 24.1 Å². The molecule has 1 aromatic rings. The Kier molecular flexibility index (Phi) is 3.72. The van der Waals surface area contributed by atoms with Gasteiger partial charge in [0, 0.05) is 10.9 Å². The maximum Gasteiger partial charge on any atom is 0.281 e. The number of hydrogen-bond donors (Lipinski definition) is 0. The second-order valence-electron chi connectivity index (χ2n) is 4.12. The van der Waals surface area contributed by atoms with Gasteiger partial charge in [0.2, 0.25) is 0 Å². The maximum absolute atomic E-state index is 10.6. The van der Waals surface area contributed by atoms with Gasteiger partial charge in [-0.2, -0.15) is 0 Å². The molecule has 0 aliphatic carbocycles. The van der Waals surface area contributed by atoms with Crippen LogP contribution in [0.25, 0.3) is 0 Å². The van der Waals surface area contributed by atoms with Crippen LogP contribution in [-0.4, -0.2) is 31.2 Å². The molecule has 2 rings (SSSR count). The average molecular weight is 233 g/mol. The zero-order valence-electron chi connectivity index (χ0n) is 9.77. The fraction of sp³-hybridized carbons (Fsp3) is 0.417. The fourth-order valence-corrected chi connectivity index (χ4v) is 3.10. The van der Waals surface area contributed by atoms with Crippen LogP contribution in [0.4, 0.5) is 0 Å². The Labute approximate surface area is 102 Å². The van der Waals surface area contributed by atoms with Gasteiger partial charge >= 0.3 is 0 Å². The molecule has 4 heteroatoms. The van der Waals surface area contributed by atoms with Crippen LogP contribution in [-0.2, 0) is 11.2 Å². The topological polar surface area (TPSA) is 20.3 Å². The van der Waals surface area contributed by atoms with Gasteiger partial charge in [-0.05, 0) is 43.3 Å². The number of fused-ring (bicyclic) bond motifs is 1. The Balaban J connectivity index is 2.34. The van der Waals surface area contributed by atoms with Gasteiger partial charge < -0.3 is 9.61 Å². The summed E-state index contributed by atoms with van der Waals surface area (Å²) < 4.78 is 0. The van der Waals surface area contributed by atoms with E-state index in [2.05, 4.69) is 36.2 Å². The molecule has 0 saturated heterocycles. The largest absolute Gasteiger partial charge is 0.332 e. The summed E-state index contributed by atoms with van der Waals surface area (Å²) in [5.41, 5.74) is 2.87. The van der Waals surface area contributed by atoms with E-state index in [9.17, 15) is 4.79 Å². The van der Waals surface area contributed by atoms with Crippen molar-refractivity contribution in [2.45, 2.75) is 24.3 Å². The minimum atomic E-state index is 0.362. The molecule has 0 radical (unpaired) electrons. The normalized spacial score (nSPS) is 20.2. The Bertz CT molecular complexity index is 397. The van der Waals surface area contributed by atoms with E-state index in [0.717, 1.165) is 19.2 Å². The highest BCUT2D eigenvalue weighted by Crippen LogP contribution is 2.33. The van der Waals surface area contributed by atoms with Crippen LogP contribution < -0.4 is 0 Å². The van der Waals surface area contributed by atoms with Gasteiger partial charge in [0.15, 0.2) is 0 Å². The van der Waals surface area contributed by atoms with Crippen molar-refractivity contribution in [3.8, 4) is 0 Å². The molecule has 0 bridgehead atoms. The molecule has 1 aromatic carbocycles. The second kappa shape index (κ2) is 5.06. The summed E-state index contributed by atoms with van der Waals surface area (Å²) in [6.45, 7) is 3.18. The highest BCUT2D eigenvalue weighted by molar-refractivity contribution is 7.98. The van der Waals surface area contributed by atoms with E-state index in [0.29, 0.717) is 13.5 Å². The van der Waals surface area contributed by atoms with E-state index in [1.165, 1.54) is 16.0 Å². The molecule has 1 aliphatic heterocycles. The lowest BCUT2D eigenvalue weighted by Crippen LogP contribution is -2.37. The summed E-state index contributed by atoms with van der Waals surface area (Å²) in [5.74, 6) is 0. The van der Waals surface area contributed by atoms with Gasteiger partial charge in [0.25, 0.3) is 7.41 Å². The minimum Gasteiger partial charge on any atom is -0.332 e. The maximum atomic E-state index is 10.6. The van der Waals surface area contributed by atoms with E-state index in [4.69, 9.17) is 0 Å². The fourth-order valence-electron chi connectivity index (χ4n) is 2.42. The van der Waals surface area contributed by atoms with Crippen molar-refractivity contribution in [1.29, 1.82) is 0 Å². The van der Waals surface area contributed by atoms with Crippen molar-refractivity contribution < 1.29 is 4.79 Å². The first-order chi connectivity index (χ1) is 7.77. The molecule has 0 saturated carbocycles. The molecule has 1 atom stereocenters. The molecule has 84 valence electrons. The summed E-state index contributed by atoms with van der Waals surface area (Å²) >= 11 is 1.81. The van der Waals surface area contributed by atoms with Crippen LogP contribution in [0.3, 0.4) is 0 Å². The zero-order valence-corrected chi connectivity index (χ0v) is 10.6. The van der Waals surface area contributed by atoms with E-state index in [-0.39, 0.29) is 0 Å². The van der Waals surface area contributed by atoms with Crippen LogP contribution in [0.5, 0.6) is 0 Å². The molecule has 0 spiro atoms. The number of hydrogen-bond acceptors (Lipinski definition) is 3. The number of benzene rings is 1. The predicted molar refractivity (Wildman–Crippen MR) is 70.9 cm³/mol. The minimum absolute atomic E-state index is 0.362. The van der Waals surface area contributed by atoms with E-state index >= 15 is 0 Å². The monoisotopic (exact) mass is 233 g/mol. The number of rotatable bonds is 3. The quantitative estimate of drug-likeness (QED) is 0.451. The van der Waals surface area contributed by atoms with Gasteiger partial charge in [-0.25, -0.2) is 0 Å². The van der Waals surface area contributed by atoms with Crippen molar-refractivity contribution >= 4 is 25.4 Å². The lowest BCUT2D eigenvalue weighted by atomic mass is 9.84. The highest BCUT2D eigenvalue weighted by atomic mass is 32.2. The zero-order chi connectivity index (χ0) is 11.5. The van der Waals surface area contributed by atoms with Gasteiger partial charge in [-0.1, -0.05) is 12.1 Å². The molecule has 0 fully saturated rings. The van der Waals surface area contributed by atoms with Gasteiger partial charge in [-0.15, -0.1) is 11.8 Å². The van der Waals surface area contributed by atoms with Crippen molar-refractivity contribution in [2.75, 3.05) is 12.8 Å². The summed E-state index contributed by atoms with van der Waals surface area (Å²) in [6, 6.07) is 6.86. The van der Waals surface area contributed by atoms with Crippen LogP contribution in [0, 0.1) is 0 Å². The van der Waals surface area contributed by atoms with Gasteiger partial charge in [0.1, 0.15) is 0 Å². The predicted octanol–water partition coefficient (Wildman–Crippen LogP) is 1.87. The first-order valence-electron chi connectivity index (χ1n) is 5.61. The van der Waals surface area contributed by atoms with Crippen molar-refractivity contribution in [3.63, 3.8) is 0 Å². The number of thioether (sulfide) groups is 1. The summed E-state index contributed by atoms with van der Waals surface area (Å²) in [5, 5.41) is 0. The third-order valence-electron chi connectivity index (χ3n) is 3.35. The van der Waals surface area contributed by atoms with Crippen LogP contribution in [0.2, 0.25) is 0 Å². The Hall–Kier alpha value is -0.735. The van der Waals surface area contributed by atoms with Crippen LogP contribution >= 0.6 is 11.8 Å². The summed E-state index contributed by atoms with van der Waals surface area (Å²) in [7, 11) is 0.546. The average Bonchev–Trinajstić information content (AvgIpc) is 2.32. The summed E-state index contributed by atoms with van der Waals surface area (Å²) in [6.07, 6.45) is 4.18. The van der Waals surface area contributed by atoms with Crippen molar-refractivity contribution in [2.24, 2.45) is 0 Å². The highest BCUT2D eigenvalue weighted by Gasteiger charge is 2.24. The lowest BCUT2D eigenvalue weighted by Gasteiger charge is -2.34. The Morgan fingerprint density at radius 3 is 3.06 bits per heavy atom. The third kappa shape index (κ3) is 2.04. The number of carbonyl (C=O) groups is 1. The number of nitrogens with zero attached hydrogens (tertiary/aromatic N) is 1. The molecule has 0 aromatic heterocycles. The Morgan fingerprint density at radius 1 is 1.56 bits per heavy atom. The molecule has 0 N–H and O–H groups in total. The molecule has 2 nitrogen and oxygen atoms in total. The second-order valence-corrected chi connectivity index (χ2v) is 4.96. The summed E-state index contributed by atoms with van der Waals surface area (Å²) in [4.78, 5) is 14.2. The van der Waals surface area contributed by atoms with E-state index < -0.39 is 0 Å². The first-order valence-corrected chi connectivity index (χ1v) is 6.84. The lowest BCUT2D eigenvalue weighted by molar-refractivity contribution is 0.340. The molecular formula is C12H16BNOS. The number of carbonyl (C=O) groups excluding carboxylic acids is 1.